The number of aliphatic hydroxyl groups is 1. The fourth-order valence-corrected chi connectivity index (χ4v) is 2.15. The van der Waals surface area contributed by atoms with Gasteiger partial charge in [0.1, 0.15) is 0 Å². The lowest BCUT2D eigenvalue weighted by molar-refractivity contribution is -0.134. The molecule has 2 N–H and O–H groups in total. The molecule has 0 radical (unpaired) electrons. The number of nitrogens with one attached hydrogen (secondary N) is 1. The number of rotatable bonds is 9. The van der Waals surface area contributed by atoms with Crippen molar-refractivity contribution >= 4 is 5.91 Å². The van der Waals surface area contributed by atoms with Crippen LogP contribution in [0, 0.1) is 0 Å². The zero-order chi connectivity index (χ0) is 13.3. The van der Waals surface area contributed by atoms with E-state index in [1.165, 1.54) is 0 Å². The lowest BCUT2D eigenvalue weighted by Crippen LogP contribution is -2.44. The normalized spacial score (nSPS) is 12.8. The summed E-state index contributed by atoms with van der Waals surface area (Å²) in [7, 11) is 0. The highest BCUT2D eigenvalue weighted by Crippen LogP contribution is 2.11. The molecule has 0 heterocycles. The summed E-state index contributed by atoms with van der Waals surface area (Å²) in [6.07, 6.45) is 2.39. The van der Waals surface area contributed by atoms with Crippen molar-refractivity contribution in [3.8, 4) is 0 Å². The van der Waals surface area contributed by atoms with Crippen LogP contribution >= 0.6 is 0 Å². The Morgan fingerprint density at radius 3 is 2.29 bits per heavy atom. The van der Waals surface area contributed by atoms with E-state index < -0.39 is 0 Å². The van der Waals surface area contributed by atoms with E-state index in [0.717, 1.165) is 19.4 Å². The second-order valence-electron chi connectivity index (χ2n) is 4.44. The number of carbonyl (C=O) groups is 1. The summed E-state index contributed by atoms with van der Waals surface area (Å²) in [5.74, 6) is 0.140. The Hall–Kier alpha value is -0.610. The molecule has 1 atom stereocenters. The predicted molar refractivity (Wildman–Crippen MR) is 70.9 cm³/mol. The van der Waals surface area contributed by atoms with Crippen LogP contribution in [-0.4, -0.2) is 47.7 Å². The first kappa shape index (κ1) is 16.4. The maximum atomic E-state index is 12.2. The van der Waals surface area contributed by atoms with Gasteiger partial charge in [0.15, 0.2) is 0 Å². The van der Waals surface area contributed by atoms with Crippen molar-refractivity contribution in [1.29, 1.82) is 0 Å². The van der Waals surface area contributed by atoms with Crippen LogP contribution in [0.1, 0.15) is 47.0 Å². The summed E-state index contributed by atoms with van der Waals surface area (Å²) in [5.41, 5.74) is 0. The molecule has 0 rings (SSSR count). The van der Waals surface area contributed by atoms with Crippen LogP contribution in [0.15, 0.2) is 0 Å². The fourth-order valence-electron chi connectivity index (χ4n) is 2.15. The van der Waals surface area contributed by atoms with Gasteiger partial charge in [-0.05, 0) is 26.3 Å². The molecule has 4 nitrogen and oxygen atoms in total. The molecule has 17 heavy (non-hydrogen) atoms. The Kier molecular flexibility index (Phi) is 9.09. The summed E-state index contributed by atoms with van der Waals surface area (Å²) >= 11 is 0. The number of hydrogen-bond donors (Lipinski definition) is 2. The van der Waals surface area contributed by atoms with Gasteiger partial charge in [0.05, 0.1) is 6.61 Å². The van der Waals surface area contributed by atoms with E-state index in [4.69, 9.17) is 5.11 Å². The Labute approximate surface area is 105 Å². The van der Waals surface area contributed by atoms with E-state index >= 15 is 0 Å². The van der Waals surface area contributed by atoms with Gasteiger partial charge < -0.3 is 15.3 Å². The van der Waals surface area contributed by atoms with Crippen molar-refractivity contribution in [1.82, 2.24) is 10.2 Å². The summed E-state index contributed by atoms with van der Waals surface area (Å²) in [6, 6.07) is 0.450. The Morgan fingerprint density at radius 1 is 1.29 bits per heavy atom. The highest BCUT2D eigenvalue weighted by atomic mass is 16.3. The molecule has 0 saturated carbocycles. The van der Waals surface area contributed by atoms with Gasteiger partial charge in [0.25, 0.3) is 0 Å². The Balaban J connectivity index is 4.42. The predicted octanol–water partition coefficient (Wildman–Crippen LogP) is 1.38. The molecule has 1 unspecified atom stereocenters. The summed E-state index contributed by atoms with van der Waals surface area (Å²) in [5, 5.41) is 12.3. The lowest BCUT2D eigenvalue weighted by Gasteiger charge is -2.31. The van der Waals surface area contributed by atoms with Crippen LogP contribution in [-0.2, 0) is 4.79 Å². The molecular weight excluding hydrogens is 216 g/mol. The minimum absolute atomic E-state index is 0.0395. The van der Waals surface area contributed by atoms with Crippen LogP contribution in [0.2, 0.25) is 0 Å². The molecule has 0 aliphatic rings. The number of nitrogens with zero attached hydrogens (tertiary/aromatic N) is 1. The SMILES string of the molecule is CCNC(C)CC(=O)N(CCO)C(CC)CC. The molecule has 0 bridgehead atoms. The maximum Gasteiger partial charge on any atom is 0.224 e. The van der Waals surface area contributed by atoms with E-state index in [-0.39, 0.29) is 24.6 Å². The van der Waals surface area contributed by atoms with Gasteiger partial charge in [-0.1, -0.05) is 20.8 Å². The second-order valence-corrected chi connectivity index (χ2v) is 4.44. The maximum absolute atomic E-state index is 12.2. The minimum Gasteiger partial charge on any atom is -0.395 e. The van der Waals surface area contributed by atoms with Crippen LogP contribution in [0.5, 0.6) is 0 Å². The third kappa shape index (κ3) is 6.03. The first-order valence-electron chi connectivity index (χ1n) is 6.74. The van der Waals surface area contributed by atoms with Crippen molar-refractivity contribution in [2.75, 3.05) is 19.7 Å². The van der Waals surface area contributed by atoms with Gasteiger partial charge in [-0.15, -0.1) is 0 Å². The smallest absolute Gasteiger partial charge is 0.224 e. The molecule has 0 aliphatic carbocycles. The topological polar surface area (TPSA) is 52.6 Å². The molecule has 0 aromatic rings. The van der Waals surface area contributed by atoms with Gasteiger partial charge in [-0.2, -0.15) is 0 Å². The van der Waals surface area contributed by atoms with E-state index in [2.05, 4.69) is 19.2 Å². The molecule has 0 aromatic heterocycles. The Morgan fingerprint density at radius 2 is 1.88 bits per heavy atom. The molecule has 0 fully saturated rings. The fraction of sp³-hybridized carbons (Fsp3) is 0.923. The Bertz CT molecular complexity index is 206. The van der Waals surface area contributed by atoms with Crippen molar-refractivity contribution < 1.29 is 9.90 Å². The van der Waals surface area contributed by atoms with Gasteiger partial charge in [-0.3, -0.25) is 4.79 Å². The van der Waals surface area contributed by atoms with Crippen LogP contribution in [0.3, 0.4) is 0 Å². The van der Waals surface area contributed by atoms with E-state index in [0.29, 0.717) is 13.0 Å². The average molecular weight is 244 g/mol. The quantitative estimate of drug-likeness (QED) is 0.644. The second kappa shape index (κ2) is 9.42. The van der Waals surface area contributed by atoms with Gasteiger partial charge in [-0.25, -0.2) is 0 Å². The van der Waals surface area contributed by atoms with Crippen LogP contribution in [0.25, 0.3) is 0 Å². The number of carbonyl (C=O) groups excluding carboxylic acids is 1. The molecule has 0 aliphatic heterocycles. The first-order chi connectivity index (χ1) is 8.10. The van der Waals surface area contributed by atoms with Crippen LogP contribution < -0.4 is 5.32 Å². The lowest BCUT2D eigenvalue weighted by atomic mass is 10.1. The molecular formula is C13H28N2O2. The number of hydrogen-bond acceptors (Lipinski definition) is 3. The van der Waals surface area contributed by atoms with Gasteiger partial charge in [0, 0.05) is 25.0 Å². The van der Waals surface area contributed by atoms with Crippen molar-refractivity contribution in [2.45, 2.75) is 59.0 Å². The third-order valence-corrected chi connectivity index (χ3v) is 3.08. The van der Waals surface area contributed by atoms with E-state index in [1.54, 1.807) is 0 Å². The molecule has 0 spiro atoms. The van der Waals surface area contributed by atoms with E-state index in [1.807, 2.05) is 18.7 Å². The molecule has 0 aromatic carbocycles. The molecule has 0 saturated heterocycles. The van der Waals surface area contributed by atoms with Crippen LogP contribution in [0.4, 0.5) is 0 Å². The molecule has 1 amide bonds. The monoisotopic (exact) mass is 244 g/mol. The van der Waals surface area contributed by atoms with Gasteiger partial charge in [0.2, 0.25) is 5.91 Å². The highest BCUT2D eigenvalue weighted by Gasteiger charge is 2.21. The first-order valence-corrected chi connectivity index (χ1v) is 6.74. The standard InChI is InChI=1S/C13H28N2O2/c1-5-12(6-2)15(8-9-16)13(17)10-11(4)14-7-3/h11-12,14,16H,5-10H2,1-4H3. The van der Waals surface area contributed by atoms with E-state index in [9.17, 15) is 4.79 Å². The summed E-state index contributed by atoms with van der Waals surface area (Å²) in [6.45, 7) is 9.58. The van der Waals surface area contributed by atoms with Crippen molar-refractivity contribution in [2.24, 2.45) is 0 Å². The van der Waals surface area contributed by atoms with Gasteiger partial charge >= 0.3 is 0 Å². The largest absolute Gasteiger partial charge is 0.395 e. The van der Waals surface area contributed by atoms with Crippen molar-refractivity contribution in [3.63, 3.8) is 0 Å². The zero-order valence-electron chi connectivity index (χ0n) is 11.7. The average Bonchev–Trinajstić information content (AvgIpc) is 2.29. The number of amides is 1. The minimum atomic E-state index is 0.0395. The number of aliphatic hydroxyl groups excluding tert-OH is 1. The summed E-state index contributed by atoms with van der Waals surface area (Å²) in [4.78, 5) is 14.0. The third-order valence-electron chi connectivity index (χ3n) is 3.08. The van der Waals surface area contributed by atoms with Crippen molar-refractivity contribution in [3.05, 3.63) is 0 Å². The molecule has 102 valence electrons. The summed E-state index contributed by atoms with van der Waals surface area (Å²) < 4.78 is 0. The molecule has 4 heteroatoms. The zero-order valence-corrected chi connectivity index (χ0v) is 11.7. The highest BCUT2D eigenvalue weighted by molar-refractivity contribution is 5.77.